The van der Waals surface area contributed by atoms with Crippen LogP contribution in [0.4, 0.5) is 0 Å². The maximum atomic E-state index is 12.8. The number of piperazine rings is 2. The maximum absolute atomic E-state index is 12.8. The van der Waals surface area contributed by atoms with E-state index in [-0.39, 0.29) is 11.8 Å². The van der Waals surface area contributed by atoms with Gasteiger partial charge in [0.25, 0.3) is 0 Å². The largest absolute Gasteiger partial charge is 0.339 e. The van der Waals surface area contributed by atoms with E-state index in [0.717, 1.165) is 26.2 Å². The van der Waals surface area contributed by atoms with Gasteiger partial charge in [-0.25, -0.2) is 0 Å². The molecule has 1 N–H and O–H groups in total. The van der Waals surface area contributed by atoms with Crippen molar-refractivity contribution in [3.63, 3.8) is 0 Å². The Kier molecular flexibility index (Phi) is 4.65. The van der Waals surface area contributed by atoms with Crippen LogP contribution in [0.1, 0.15) is 20.8 Å². The van der Waals surface area contributed by atoms with Crippen molar-refractivity contribution in [3.8, 4) is 0 Å². The number of carbonyl (C=O) groups is 2. The average molecular weight is 282 g/mol. The lowest BCUT2D eigenvalue weighted by Crippen LogP contribution is -2.63. The van der Waals surface area contributed by atoms with E-state index < -0.39 is 5.54 Å². The molecule has 2 saturated heterocycles. The number of hydrogen-bond acceptors (Lipinski definition) is 4. The summed E-state index contributed by atoms with van der Waals surface area (Å²) < 4.78 is 0. The molecule has 0 radical (unpaired) electrons. The van der Waals surface area contributed by atoms with E-state index in [1.165, 1.54) is 0 Å². The molecule has 0 aromatic heterocycles. The minimum Gasteiger partial charge on any atom is -0.339 e. The molecule has 6 heteroatoms. The summed E-state index contributed by atoms with van der Waals surface area (Å²) in [5.74, 6) is 0.279. The van der Waals surface area contributed by atoms with E-state index in [2.05, 4.69) is 10.2 Å². The van der Waals surface area contributed by atoms with Crippen LogP contribution in [0.2, 0.25) is 0 Å². The number of nitrogens with zero attached hydrogens (tertiary/aromatic N) is 3. The normalized spacial score (nSPS) is 21.9. The molecule has 0 aromatic rings. The molecule has 20 heavy (non-hydrogen) atoms. The molecule has 2 heterocycles. The maximum Gasteiger partial charge on any atom is 0.242 e. The number of hydrogen-bond donors (Lipinski definition) is 1. The van der Waals surface area contributed by atoms with Crippen LogP contribution in [0, 0.1) is 0 Å². The number of rotatable bonds is 2. The molecule has 2 fully saturated rings. The zero-order valence-corrected chi connectivity index (χ0v) is 12.8. The lowest BCUT2D eigenvalue weighted by molar-refractivity contribution is -0.147. The molecule has 2 aliphatic rings. The van der Waals surface area contributed by atoms with E-state index in [1.54, 1.807) is 6.92 Å². The summed E-state index contributed by atoms with van der Waals surface area (Å²) in [7, 11) is 0. The van der Waals surface area contributed by atoms with Gasteiger partial charge < -0.3 is 15.1 Å². The van der Waals surface area contributed by atoms with Crippen molar-refractivity contribution in [2.24, 2.45) is 0 Å². The molecule has 0 unspecified atom stereocenters. The standard InChI is InChI=1S/C14H26N4O2/c1-12(19)16-8-10-17(11-9-16)13(20)14(2,3)18-6-4-15-5-7-18/h15H,4-11H2,1-3H3. The van der Waals surface area contributed by atoms with Crippen LogP contribution in [0.25, 0.3) is 0 Å². The fraction of sp³-hybridized carbons (Fsp3) is 0.857. The fourth-order valence-corrected chi connectivity index (χ4v) is 2.97. The summed E-state index contributed by atoms with van der Waals surface area (Å²) >= 11 is 0. The van der Waals surface area contributed by atoms with Gasteiger partial charge in [0.2, 0.25) is 11.8 Å². The predicted octanol–water partition coefficient (Wildman–Crippen LogP) is -0.639. The number of carbonyl (C=O) groups excluding carboxylic acids is 2. The van der Waals surface area contributed by atoms with E-state index in [9.17, 15) is 9.59 Å². The number of nitrogens with one attached hydrogen (secondary N) is 1. The molecule has 2 rings (SSSR count). The number of amides is 2. The van der Waals surface area contributed by atoms with Crippen molar-refractivity contribution in [1.29, 1.82) is 0 Å². The fourth-order valence-electron chi connectivity index (χ4n) is 2.97. The van der Waals surface area contributed by atoms with Crippen molar-refractivity contribution >= 4 is 11.8 Å². The molecule has 0 bridgehead atoms. The van der Waals surface area contributed by atoms with E-state index in [4.69, 9.17) is 0 Å². The third-order valence-corrected chi connectivity index (χ3v) is 4.44. The third-order valence-electron chi connectivity index (χ3n) is 4.44. The second-order valence-electron chi connectivity index (χ2n) is 6.09. The highest BCUT2D eigenvalue weighted by Crippen LogP contribution is 2.19. The first-order valence-electron chi connectivity index (χ1n) is 7.43. The topological polar surface area (TPSA) is 55.9 Å². The first kappa shape index (κ1) is 15.3. The van der Waals surface area contributed by atoms with E-state index >= 15 is 0 Å². The Morgan fingerprint density at radius 3 is 1.90 bits per heavy atom. The molecule has 2 aliphatic heterocycles. The summed E-state index contributed by atoms with van der Waals surface area (Å²) in [6, 6.07) is 0. The lowest BCUT2D eigenvalue weighted by Gasteiger charge is -2.44. The molecule has 0 spiro atoms. The summed E-state index contributed by atoms with van der Waals surface area (Å²) in [4.78, 5) is 30.0. The Morgan fingerprint density at radius 2 is 1.40 bits per heavy atom. The minimum atomic E-state index is -0.458. The molecular weight excluding hydrogens is 256 g/mol. The zero-order chi connectivity index (χ0) is 14.8. The second-order valence-corrected chi connectivity index (χ2v) is 6.09. The van der Waals surface area contributed by atoms with Crippen LogP contribution >= 0.6 is 0 Å². The van der Waals surface area contributed by atoms with Crippen LogP contribution in [0.15, 0.2) is 0 Å². The second kappa shape index (κ2) is 6.10. The van der Waals surface area contributed by atoms with Gasteiger partial charge >= 0.3 is 0 Å². The first-order chi connectivity index (χ1) is 9.43. The third kappa shape index (κ3) is 3.12. The Balaban J connectivity index is 1.95. The van der Waals surface area contributed by atoms with Gasteiger partial charge in [0.15, 0.2) is 0 Å². The van der Waals surface area contributed by atoms with Crippen LogP contribution < -0.4 is 5.32 Å². The van der Waals surface area contributed by atoms with Crippen molar-refractivity contribution in [2.45, 2.75) is 26.3 Å². The van der Waals surface area contributed by atoms with Crippen molar-refractivity contribution in [2.75, 3.05) is 52.4 Å². The molecule has 0 aliphatic carbocycles. The van der Waals surface area contributed by atoms with Gasteiger partial charge in [-0.1, -0.05) is 0 Å². The SMILES string of the molecule is CC(=O)N1CCN(C(=O)C(C)(C)N2CCNCC2)CC1. The van der Waals surface area contributed by atoms with Crippen molar-refractivity contribution in [1.82, 2.24) is 20.0 Å². The minimum absolute atomic E-state index is 0.0958. The Labute approximate surface area is 121 Å². The first-order valence-corrected chi connectivity index (χ1v) is 7.43. The predicted molar refractivity (Wildman–Crippen MR) is 77.4 cm³/mol. The highest BCUT2D eigenvalue weighted by atomic mass is 16.2. The molecule has 2 amide bonds. The van der Waals surface area contributed by atoms with E-state index in [0.29, 0.717) is 26.2 Å². The van der Waals surface area contributed by atoms with Gasteiger partial charge in [-0.3, -0.25) is 14.5 Å². The Hall–Kier alpha value is -1.14. The van der Waals surface area contributed by atoms with Crippen LogP contribution in [0.5, 0.6) is 0 Å². The van der Waals surface area contributed by atoms with Crippen molar-refractivity contribution < 1.29 is 9.59 Å². The van der Waals surface area contributed by atoms with Gasteiger partial charge in [0, 0.05) is 59.3 Å². The molecule has 6 nitrogen and oxygen atoms in total. The monoisotopic (exact) mass is 282 g/mol. The lowest BCUT2D eigenvalue weighted by atomic mass is 9.99. The van der Waals surface area contributed by atoms with Crippen LogP contribution in [-0.2, 0) is 9.59 Å². The molecule has 0 atom stereocenters. The van der Waals surface area contributed by atoms with Gasteiger partial charge in [0.05, 0.1) is 5.54 Å². The van der Waals surface area contributed by atoms with Crippen molar-refractivity contribution in [3.05, 3.63) is 0 Å². The van der Waals surface area contributed by atoms with Gasteiger partial charge in [-0.15, -0.1) is 0 Å². The molecule has 0 saturated carbocycles. The van der Waals surface area contributed by atoms with Gasteiger partial charge in [-0.05, 0) is 13.8 Å². The zero-order valence-electron chi connectivity index (χ0n) is 12.8. The summed E-state index contributed by atoms with van der Waals surface area (Å²) in [5, 5.41) is 3.31. The highest BCUT2D eigenvalue weighted by molar-refractivity contribution is 5.86. The smallest absolute Gasteiger partial charge is 0.242 e. The molecule has 0 aromatic carbocycles. The van der Waals surface area contributed by atoms with Crippen LogP contribution in [-0.4, -0.2) is 84.4 Å². The molecule has 114 valence electrons. The summed E-state index contributed by atoms with van der Waals surface area (Å²) in [6.45, 7) is 11.9. The van der Waals surface area contributed by atoms with E-state index in [1.807, 2.05) is 23.6 Å². The summed E-state index contributed by atoms with van der Waals surface area (Å²) in [6.07, 6.45) is 0. The average Bonchev–Trinajstić information content (AvgIpc) is 2.47. The highest BCUT2D eigenvalue weighted by Gasteiger charge is 2.39. The quantitative estimate of drug-likeness (QED) is 0.732. The Morgan fingerprint density at radius 1 is 0.900 bits per heavy atom. The van der Waals surface area contributed by atoms with Crippen LogP contribution in [0.3, 0.4) is 0 Å². The summed E-state index contributed by atoms with van der Waals surface area (Å²) in [5.41, 5.74) is -0.458. The van der Waals surface area contributed by atoms with Gasteiger partial charge in [0.1, 0.15) is 0 Å². The van der Waals surface area contributed by atoms with Gasteiger partial charge in [-0.2, -0.15) is 0 Å². The molecular formula is C14H26N4O2. The Bertz CT molecular complexity index is 369.